The molecule has 0 aliphatic rings. The minimum Gasteiger partial charge on any atom is -0.469 e. The van der Waals surface area contributed by atoms with Crippen molar-refractivity contribution in [2.45, 2.75) is 19.9 Å². The molecule has 0 bridgehead atoms. The molecule has 1 heterocycles. The molecule has 0 spiro atoms. The highest BCUT2D eigenvalue weighted by Gasteiger charge is 2.01. The molecule has 0 fully saturated rings. The maximum Gasteiger partial charge on any atom is 0.191 e. The van der Waals surface area contributed by atoms with E-state index in [0.29, 0.717) is 13.1 Å². The number of hydrogen-bond acceptors (Lipinski definition) is 2. The summed E-state index contributed by atoms with van der Waals surface area (Å²) in [5.74, 6) is 1.75. The number of nitrogens with one attached hydrogen (secondary N) is 2. The summed E-state index contributed by atoms with van der Waals surface area (Å²) in [5.41, 5.74) is 2.48. The summed E-state index contributed by atoms with van der Waals surface area (Å²) in [7, 11) is 0. The van der Waals surface area contributed by atoms with Crippen LogP contribution in [0.25, 0.3) is 0 Å². The Morgan fingerprint density at radius 2 is 2.09 bits per heavy atom. The molecule has 0 radical (unpaired) electrons. The summed E-state index contributed by atoms with van der Waals surface area (Å²) in [6.45, 7) is 7.93. The fourth-order valence-electron chi connectivity index (χ4n) is 2.05. The molecule has 1 aromatic heterocycles. The fraction of sp³-hybridized carbons (Fsp3) is 0.278. The monoisotopic (exact) mass is 297 g/mol. The Bertz CT molecular complexity index is 603. The summed E-state index contributed by atoms with van der Waals surface area (Å²) < 4.78 is 5.33. The lowest BCUT2D eigenvalue weighted by Gasteiger charge is -2.11. The molecule has 0 unspecified atom stereocenters. The van der Waals surface area contributed by atoms with Gasteiger partial charge in [0.05, 0.1) is 12.8 Å². The lowest BCUT2D eigenvalue weighted by atomic mass is 10.1. The first kappa shape index (κ1) is 15.9. The van der Waals surface area contributed by atoms with Crippen molar-refractivity contribution in [3.05, 3.63) is 72.2 Å². The number of aliphatic imine (C=N–C) groups is 1. The number of rotatable bonds is 7. The van der Waals surface area contributed by atoms with Crippen LogP contribution in [0.4, 0.5) is 0 Å². The van der Waals surface area contributed by atoms with Gasteiger partial charge in [-0.25, -0.2) is 4.99 Å². The summed E-state index contributed by atoms with van der Waals surface area (Å²) in [6, 6.07) is 12.2. The molecule has 4 nitrogen and oxygen atoms in total. The Hall–Kier alpha value is -2.49. The second kappa shape index (κ2) is 8.72. The van der Waals surface area contributed by atoms with Gasteiger partial charge >= 0.3 is 0 Å². The number of hydrogen-bond donors (Lipinski definition) is 2. The van der Waals surface area contributed by atoms with Crippen LogP contribution in [0.5, 0.6) is 0 Å². The van der Waals surface area contributed by atoms with Gasteiger partial charge in [-0.2, -0.15) is 0 Å². The summed E-state index contributed by atoms with van der Waals surface area (Å²) in [4.78, 5) is 4.63. The molecule has 116 valence electrons. The predicted octanol–water partition coefficient (Wildman–Crippen LogP) is 3.05. The zero-order valence-corrected chi connectivity index (χ0v) is 13.0. The van der Waals surface area contributed by atoms with Crippen molar-refractivity contribution in [3.8, 4) is 0 Å². The van der Waals surface area contributed by atoms with Gasteiger partial charge in [0, 0.05) is 19.5 Å². The molecule has 0 aliphatic carbocycles. The zero-order valence-electron chi connectivity index (χ0n) is 13.0. The lowest BCUT2D eigenvalue weighted by molar-refractivity contribution is 0.507. The zero-order chi connectivity index (χ0) is 15.6. The number of benzene rings is 1. The maximum atomic E-state index is 5.33. The average molecular weight is 297 g/mol. The summed E-state index contributed by atoms with van der Waals surface area (Å²) in [6.07, 6.45) is 4.34. The molecule has 2 rings (SSSR count). The van der Waals surface area contributed by atoms with Crippen molar-refractivity contribution in [2.75, 3.05) is 13.1 Å². The van der Waals surface area contributed by atoms with Crippen LogP contribution in [-0.4, -0.2) is 19.0 Å². The van der Waals surface area contributed by atoms with Gasteiger partial charge in [0.1, 0.15) is 5.76 Å². The van der Waals surface area contributed by atoms with E-state index in [-0.39, 0.29) is 0 Å². The maximum absolute atomic E-state index is 5.33. The van der Waals surface area contributed by atoms with E-state index in [1.54, 1.807) is 6.26 Å². The van der Waals surface area contributed by atoms with E-state index in [1.165, 1.54) is 11.1 Å². The molecule has 0 amide bonds. The second-order valence-corrected chi connectivity index (χ2v) is 5.02. The number of guanidine groups is 1. The third-order valence-electron chi connectivity index (χ3n) is 3.33. The first-order valence-electron chi connectivity index (χ1n) is 7.49. The molecule has 0 aliphatic heterocycles. The Morgan fingerprint density at radius 3 is 2.82 bits per heavy atom. The normalized spacial score (nSPS) is 11.2. The van der Waals surface area contributed by atoms with E-state index in [1.807, 2.05) is 30.3 Å². The van der Waals surface area contributed by atoms with Gasteiger partial charge in [-0.15, -0.1) is 6.58 Å². The summed E-state index contributed by atoms with van der Waals surface area (Å²) >= 11 is 0. The Balaban J connectivity index is 1.91. The highest BCUT2D eigenvalue weighted by molar-refractivity contribution is 5.79. The third kappa shape index (κ3) is 5.13. The van der Waals surface area contributed by atoms with Gasteiger partial charge in [-0.05, 0) is 30.2 Å². The molecular weight excluding hydrogens is 274 g/mol. The first-order chi connectivity index (χ1) is 10.8. The van der Waals surface area contributed by atoms with Gasteiger partial charge in [0.25, 0.3) is 0 Å². The van der Waals surface area contributed by atoms with Crippen LogP contribution in [0.2, 0.25) is 0 Å². The van der Waals surface area contributed by atoms with Crippen molar-refractivity contribution in [1.82, 2.24) is 10.6 Å². The molecule has 0 atom stereocenters. The molecule has 22 heavy (non-hydrogen) atoms. The van der Waals surface area contributed by atoms with Crippen LogP contribution in [0.3, 0.4) is 0 Å². The average Bonchev–Trinajstić information content (AvgIpc) is 3.04. The predicted molar refractivity (Wildman–Crippen MR) is 90.9 cm³/mol. The third-order valence-corrected chi connectivity index (χ3v) is 3.33. The van der Waals surface area contributed by atoms with Gasteiger partial charge in [0.15, 0.2) is 5.96 Å². The lowest BCUT2D eigenvalue weighted by Crippen LogP contribution is -2.38. The van der Waals surface area contributed by atoms with E-state index in [0.717, 1.165) is 24.7 Å². The minimum atomic E-state index is 0.653. The SMILES string of the molecule is C=CCNC(=NCc1ccccc1C)NCCc1ccco1. The van der Waals surface area contributed by atoms with Crippen molar-refractivity contribution in [2.24, 2.45) is 4.99 Å². The molecule has 4 heteroatoms. The van der Waals surface area contributed by atoms with Gasteiger partial charge < -0.3 is 15.1 Å². The Morgan fingerprint density at radius 1 is 1.23 bits per heavy atom. The number of furan rings is 1. The molecule has 0 saturated carbocycles. The van der Waals surface area contributed by atoms with E-state index in [4.69, 9.17) is 4.42 Å². The van der Waals surface area contributed by atoms with Crippen LogP contribution in [0.1, 0.15) is 16.9 Å². The fourth-order valence-corrected chi connectivity index (χ4v) is 2.05. The standard InChI is InChI=1S/C18H23N3O/c1-3-11-19-18(20-12-10-17-9-6-13-22-17)21-14-16-8-5-4-7-15(16)2/h3-9,13H,1,10-12,14H2,2H3,(H2,19,20,21). The van der Waals surface area contributed by atoms with E-state index >= 15 is 0 Å². The summed E-state index contributed by atoms with van der Waals surface area (Å²) in [5, 5.41) is 6.54. The van der Waals surface area contributed by atoms with Crippen LogP contribution >= 0.6 is 0 Å². The van der Waals surface area contributed by atoms with E-state index in [2.05, 4.69) is 41.3 Å². The molecular formula is C18H23N3O. The van der Waals surface area contributed by atoms with Crippen molar-refractivity contribution in [1.29, 1.82) is 0 Å². The highest BCUT2D eigenvalue weighted by Crippen LogP contribution is 2.07. The minimum absolute atomic E-state index is 0.653. The Kier molecular flexibility index (Phi) is 6.30. The van der Waals surface area contributed by atoms with E-state index in [9.17, 15) is 0 Å². The molecule has 0 saturated heterocycles. The topological polar surface area (TPSA) is 49.6 Å². The molecule has 2 N–H and O–H groups in total. The number of nitrogens with zero attached hydrogens (tertiary/aromatic N) is 1. The van der Waals surface area contributed by atoms with Crippen molar-refractivity contribution in [3.63, 3.8) is 0 Å². The van der Waals surface area contributed by atoms with Crippen LogP contribution in [0.15, 0.2) is 64.7 Å². The molecule has 2 aromatic rings. The second-order valence-electron chi connectivity index (χ2n) is 5.02. The Labute approximate surface area is 132 Å². The van der Waals surface area contributed by atoms with E-state index < -0.39 is 0 Å². The smallest absolute Gasteiger partial charge is 0.191 e. The van der Waals surface area contributed by atoms with Crippen molar-refractivity contribution >= 4 is 5.96 Å². The molecule has 1 aromatic carbocycles. The van der Waals surface area contributed by atoms with Crippen LogP contribution in [0, 0.1) is 6.92 Å². The van der Waals surface area contributed by atoms with Gasteiger partial charge in [-0.1, -0.05) is 30.3 Å². The first-order valence-corrected chi connectivity index (χ1v) is 7.49. The van der Waals surface area contributed by atoms with Crippen molar-refractivity contribution < 1.29 is 4.42 Å². The largest absolute Gasteiger partial charge is 0.469 e. The van der Waals surface area contributed by atoms with Gasteiger partial charge in [0.2, 0.25) is 0 Å². The van der Waals surface area contributed by atoms with Gasteiger partial charge in [-0.3, -0.25) is 0 Å². The highest BCUT2D eigenvalue weighted by atomic mass is 16.3. The van der Waals surface area contributed by atoms with Crippen LogP contribution < -0.4 is 10.6 Å². The van der Waals surface area contributed by atoms with Crippen LogP contribution in [-0.2, 0) is 13.0 Å². The number of aryl methyl sites for hydroxylation is 1. The quantitative estimate of drug-likeness (QED) is 0.469.